The zero-order valence-electron chi connectivity index (χ0n) is 17.7. The maximum atomic E-state index is 12.7. The minimum Gasteiger partial charge on any atom is -0.586 e. The van der Waals surface area contributed by atoms with E-state index in [2.05, 4.69) is 23.6 Å². The molecule has 9 heteroatoms. The molecular weight excluding hydrogens is 443 g/mol. The van der Waals surface area contributed by atoms with Crippen LogP contribution in [0.15, 0.2) is 41.9 Å². The van der Waals surface area contributed by atoms with Crippen molar-refractivity contribution >= 4 is 28.4 Å². The van der Waals surface area contributed by atoms with Crippen molar-refractivity contribution < 1.29 is 17.7 Å². The smallest absolute Gasteiger partial charge is 0.586 e. The van der Waals surface area contributed by atoms with Crippen LogP contribution in [0.2, 0.25) is 0 Å². The van der Waals surface area contributed by atoms with Crippen molar-refractivity contribution in [3.63, 3.8) is 0 Å². The van der Waals surface area contributed by atoms with E-state index in [1.54, 1.807) is 18.3 Å². The van der Waals surface area contributed by atoms with Gasteiger partial charge in [-0.25, -0.2) is 9.71 Å². The Labute approximate surface area is 187 Å². The van der Waals surface area contributed by atoms with Gasteiger partial charge < -0.3 is 4.55 Å². The molecule has 0 aliphatic heterocycles. The van der Waals surface area contributed by atoms with Crippen molar-refractivity contribution in [2.45, 2.75) is 45.5 Å². The van der Waals surface area contributed by atoms with E-state index in [4.69, 9.17) is 4.98 Å². The molecule has 1 unspecified atom stereocenters. The van der Waals surface area contributed by atoms with E-state index in [0.29, 0.717) is 11.5 Å². The van der Waals surface area contributed by atoms with Crippen LogP contribution >= 0.6 is 11.3 Å². The maximum Gasteiger partial charge on any atom is 0.598 e. The summed E-state index contributed by atoms with van der Waals surface area (Å²) in [5.41, 5.74) is -0.427. The van der Waals surface area contributed by atoms with Gasteiger partial charge in [-0.2, -0.15) is 0 Å². The molecule has 3 rings (SSSR count). The molecule has 1 aromatic carbocycles. The summed E-state index contributed by atoms with van der Waals surface area (Å²) in [6.07, 6.45) is 2.67. The van der Waals surface area contributed by atoms with Crippen LogP contribution in [0.3, 0.4) is 0 Å². The highest BCUT2D eigenvalue weighted by Crippen LogP contribution is 2.35. The number of anilines is 1. The monoisotopic (exact) mass is 467 g/mol. The van der Waals surface area contributed by atoms with Crippen LogP contribution in [0.1, 0.15) is 44.9 Å². The normalized spacial score (nSPS) is 13.1. The molecule has 0 aliphatic rings. The number of alkyl halides is 3. The average molecular weight is 468 g/mol. The Balaban J connectivity index is 1.89. The third-order valence-electron chi connectivity index (χ3n) is 4.57. The quantitative estimate of drug-likeness (QED) is 0.389. The number of nitrogens with one attached hydrogen (secondary N) is 1. The van der Waals surface area contributed by atoms with Gasteiger partial charge >= 0.3 is 5.51 Å². The molecule has 0 radical (unpaired) electrons. The van der Waals surface area contributed by atoms with E-state index in [0.717, 1.165) is 33.9 Å². The van der Waals surface area contributed by atoms with Crippen molar-refractivity contribution in [1.82, 2.24) is 9.97 Å². The molecular formula is C22H24F3N3OS2. The number of aromatic nitrogens is 2. The van der Waals surface area contributed by atoms with Gasteiger partial charge in [-0.3, -0.25) is 4.98 Å². The lowest BCUT2D eigenvalue weighted by atomic mass is 9.98. The van der Waals surface area contributed by atoms with Gasteiger partial charge in [0, 0.05) is 28.4 Å². The summed E-state index contributed by atoms with van der Waals surface area (Å²) in [6.45, 7) is 8.04. The Morgan fingerprint density at radius 2 is 1.84 bits per heavy atom. The number of hydrogen-bond donors (Lipinski definition) is 1. The van der Waals surface area contributed by atoms with Crippen molar-refractivity contribution in [3.8, 4) is 21.8 Å². The zero-order valence-corrected chi connectivity index (χ0v) is 19.3. The summed E-state index contributed by atoms with van der Waals surface area (Å²) < 4.78 is 51.7. The van der Waals surface area contributed by atoms with E-state index < -0.39 is 16.9 Å². The molecule has 0 saturated heterocycles. The molecule has 0 amide bonds. The zero-order chi connectivity index (χ0) is 22.8. The van der Waals surface area contributed by atoms with E-state index in [1.807, 2.05) is 31.4 Å². The van der Waals surface area contributed by atoms with Gasteiger partial charge in [0.2, 0.25) is 0 Å². The third kappa shape index (κ3) is 5.99. The van der Waals surface area contributed by atoms with Crippen molar-refractivity contribution in [2.24, 2.45) is 5.92 Å². The van der Waals surface area contributed by atoms with Crippen molar-refractivity contribution in [3.05, 3.63) is 53.2 Å². The summed E-state index contributed by atoms with van der Waals surface area (Å²) in [5, 5.41) is 2.78. The van der Waals surface area contributed by atoms with Crippen molar-refractivity contribution in [1.29, 1.82) is 0 Å². The standard InChI is InChI=1S/C22H24F3N3OS2/c1-13(2)9-17-10-16(7-8-26-17)21-27-20(12-30-21)15-5-6-19(18(11-15)14(3)4)28-31(29)22(23,24)25/h5-8,10-14,28H,9H2,1-4H3. The molecule has 166 valence electrons. The summed E-state index contributed by atoms with van der Waals surface area (Å²) in [6, 6.07) is 8.99. The fourth-order valence-electron chi connectivity index (χ4n) is 3.13. The fourth-order valence-corrected chi connectivity index (χ4v) is 4.46. The summed E-state index contributed by atoms with van der Waals surface area (Å²) in [5.74, 6) is 0.437. The lowest BCUT2D eigenvalue weighted by Crippen LogP contribution is -2.30. The predicted octanol–water partition coefficient (Wildman–Crippen LogP) is 6.79. The van der Waals surface area contributed by atoms with Crippen LogP contribution in [-0.2, 0) is 17.8 Å². The molecule has 3 aromatic rings. The minimum atomic E-state index is -4.82. The topological polar surface area (TPSA) is 60.9 Å². The summed E-state index contributed by atoms with van der Waals surface area (Å²) in [4.78, 5) is 9.15. The Morgan fingerprint density at radius 1 is 1.10 bits per heavy atom. The molecule has 1 atom stereocenters. The summed E-state index contributed by atoms with van der Waals surface area (Å²) >= 11 is -1.66. The molecule has 31 heavy (non-hydrogen) atoms. The van der Waals surface area contributed by atoms with Gasteiger partial charge in [-0.05, 0) is 48.1 Å². The van der Waals surface area contributed by atoms with Gasteiger partial charge in [0.15, 0.2) is 11.4 Å². The first-order valence-corrected chi connectivity index (χ1v) is 11.9. The lowest BCUT2D eigenvalue weighted by Gasteiger charge is -2.18. The first kappa shape index (κ1) is 23.6. The summed E-state index contributed by atoms with van der Waals surface area (Å²) in [7, 11) is 0. The molecule has 2 aromatic heterocycles. The highest BCUT2D eigenvalue weighted by molar-refractivity contribution is 7.93. The van der Waals surface area contributed by atoms with Crippen LogP contribution in [0.25, 0.3) is 21.8 Å². The maximum absolute atomic E-state index is 12.7. The number of pyridine rings is 1. The van der Waals surface area contributed by atoms with Gasteiger partial charge in [0.1, 0.15) is 5.01 Å². The first-order valence-electron chi connectivity index (χ1n) is 9.85. The van der Waals surface area contributed by atoms with Crippen LogP contribution < -0.4 is 4.72 Å². The van der Waals surface area contributed by atoms with Crippen LogP contribution in [0, 0.1) is 5.92 Å². The highest BCUT2D eigenvalue weighted by atomic mass is 32.2. The largest absolute Gasteiger partial charge is 0.598 e. The number of thiazole rings is 1. The van der Waals surface area contributed by atoms with Gasteiger partial charge in [-0.15, -0.1) is 24.5 Å². The van der Waals surface area contributed by atoms with Crippen molar-refractivity contribution in [2.75, 3.05) is 4.72 Å². The van der Waals surface area contributed by atoms with Gasteiger partial charge in [0.05, 0.1) is 11.4 Å². The molecule has 0 aliphatic carbocycles. The number of halogens is 3. The van der Waals surface area contributed by atoms with E-state index in [9.17, 15) is 17.7 Å². The molecule has 2 heterocycles. The van der Waals surface area contributed by atoms with E-state index >= 15 is 0 Å². The molecule has 0 saturated carbocycles. The van der Waals surface area contributed by atoms with Gasteiger partial charge in [-0.1, -0.05) is 33.8 Å². The molecule has 1 N–H and O–H groups in total. The molecule has 0 fully saturated rings. The Hall–Kier alpha value is -2.10. The molecule has 0 spiro atoms. The molecule has 0 bridgehead atoms. The predicted molar refractivity (Wildman–Crippen MR) is 121 cm³/mol. The van der Waals surface area contributed by atoms with Crippen LogP contribution in [0.4, 0.5) is 18.9 Å². The number of nitrogens with zero attached hydrogens (tertiary/aromatic N) is 2. The van der Waals surface area contributed by atoms with E-state index in [1.165, 1.54) is 17.4 Å². The Morgan fingerprint density at radius 3 is 2.48 bits per heavy atom. The van der Waals surface area contributed by atoms with Gasteiger partial charge in [0.25, 0.3) is 0 Å². The number of benzene rings is 1. The van der Waals surface area contributed by atoms with E-state index in [-0.39, 0.29) is 11.6 Å². The number of rotatable bonds is 7. The Kier molecular flexibility index (Phi) is 7.28. The fraction of sp³-hybridized carbons (Fsp3) is 0.364. The van der Waals surface area contributed by atoms with Crippen LogP contribution in [0.5, 0.6) is 0 Å². The highest BCUT2D eigenvalue weighted by Gasteiger charge is 2.46. The SMILES string of the molecule is CC(C)Cc1cc(-c2nc(-c3ccc(N[S+]([O-])C(F)(F)F)c(C(C)C)c3)cs2)ccn1. The second kappa shape index (κ2) is 9.58. The van der Waals surface area contributed by atoms with Crippen LogP contribution in [-0.4, -0.2) is 20.0 Å². The molecule has 4 nitrogen and oxygen atoms in total. The lowest BCUT2D eigenvalue weighted by molar-refractivity contribution is -0.0428. The second-order valence-corrected chi connectivity index (χ2v) is 10.0. The minimum absolute atomic E-state index is 0.0652. The first-order chi connectivity index (χ1) is 14.5. The number of hydrogen-bond acceptors (Lipinski definition) is 5. The Bertz CT molecular complexity index is 1030. The average Bonchev–Trinajstić information content (AvgIpc) is 3.17. The second-order valence-electron chi connectivity index (χ2n) is 7.94. The third-order valence-corrected chi connectivity index (χ3v) is 6.28.